The molecule has 2 aliphatic rings. The highest BCUT2D eigenvalue weighted by Crippen LogP contribution is 2.44. The van der Waals surface area contributed by atoms with Gasteiger partial charge in [-0.1, -0.05) is 13.8 Å². The van der Waals surface area contributed by atoms with E-state index in [2.05, 4.69) is 36.1 Å². The molecule has 2 aromatic heterocycles. The average Bonchev–Trinajstić information content (AvgIpc) is 3.36. The van der Waals surface area contributed by atoms with Crippen LogP contribution in [0.5, 0.6) is 0 Å². The minimum absolute atomic E-state index is 0. The van der Waals surface area contributed by atoms with E-state index in [1.54, 1.807) is 0 Å². The van der Waals surface area contributed by atoms with Crippen molar-refractivity contribution in [1.29, 1.82) is 0 Å². The molecule has 3 heterocycles. The number of rotatable bonds is 4. The Morgan fingerprint density at radius 1 is 1.41 bits per heavy atom. The topological polar surface area (TPSA) is 87.0 Å². The van der Waals surface area contributed by atoms with Gasteiger partial charge in [-0.15, -0.1) is 12.4 Å². The lowest BCUT2D eigenvalue weighted by Gasteiger charge is -2.39. The fourth-order valence-corrected chi connectivity index (χ4v) is 4.60. The van der Waals surface area contributed by atoms with Gasteiger partial charge in [0.25, 0.3) is 0 Å². The number of aromatic nitrogens is 2. The number of hydrogen-bond donors (Lipinski definition) is 3. The number of pyridine rings is 1. The lowest BCUT2D eigenvalue weighted by Crippen LogP contribution is -2.49. The van der Waals surface area contributed by atoms with Crippen molar-refractivity contribution in [3.63, 3.8) is 0 Å². The average molecular weight is 457 g/mol. The molecule has 4 rings (SSSR count). The van der Waals surface area contributed by atoms with Crippen molar-refractivity contribution in [1.82, 2.24) is 9.97 Å². The van der Waals surface area contributed by atoms with E-state index in [0.717, 1.165) is 52.3 Å². The number of nitrogens with one attached hydrogen (secondary N) is 2. The molecule has 148 valence electrons. The third kappa shape index (κ3) is 3.96. The fourth-order valence-electron chi connectivity index (χ4n) is 4.05. The van der Waals surface area contributed by atoms with Crippen LogP contribution in [0.15, 0.2) is 16.9 Å². The molecule has 1 saturated heterocycles. The van der Waals surface area contributed by atoms with E-state index < -0.39 is 0 Å². The molecule has 0 aromatic carbocycles. The molecule has 27 heavy (non-hydrogen) atoms. The molecule has 1 amide bonds. The highest BCUT2D eigenvalue weighted by atomic mass is 79.9. The van der Waals surface area contributed by atoms with Gasteiger partial charge in [0.1, 0.15) is 5.65 Å². The number of carbonyl (C=O) groups excluding carboxylic acids is 1. The third-order valence-corrected chi connectivity index (χ3v) is 6.25. The summed E-state index contributed by atoms with van der Waals surface area (Å²) in [6.07, 6.45) is 7.45. The third-order valence-electron chi connectivity index (χ3n) is 5.67. The van der Waals surface area contributed by atoms with Crippen LogP contribution in [0.3, 0.4) is 0 Å². The van der Waals surface area contributed by atoms with Gasteiger partial charge in [0.15, 0.2) is 0 Å². The standard InChI is InChI=1S/C19H26BrN5O.ClH/c1-10(2)19(26)24-15-8-23-18-16(15)17(13(20)7-22-18)25-6-5-12(11-3-4-11)14(21)9-25;/h7-8,10-12,14H,3-6,9,21H2,1-2H3,(H,22,23)(H,24,26);1H/t12-,14+;/m1./s1. The zero-order valence-corrected chi connectivity index (χ0v) is 18.1. The van der Waals surface area contributed by atoms with Crippen molar-refractivity contribution >= 4 is 56.7 Å². The predicted molar refractivity (Wildman–Crippen MR) is 116 cm³/mol. The second-order valence-electron chi connectivity index (χ2n) is 7.92. The quantitative estimate of drug-likeness (QED) is 0.651. The Morgan fingerprint density at radius 2 is 2.15 bits per heavy atom. The number of fused-ring (bicyclic) bond motifs is 1. The van der Waals surface area contributed by atoms with Gasteiger partial charge >= 0.3 is 0 Å². The maximum absolute atomic E-state index is 12.2. The number of carbonyl (C=O) groups is 1. The van der Waals surface area contributed by atoms with Crippen molar-refractivity contribution in [2.24, 2.45) is 23.5 Å². The summed E-state index contributed by atoms with van der Waals surface area (Å²) in [5.74, 6) is 1.40. The highest BCUT2D eigenvalue weighted by molar-refractivity contribution is 9.10. The second-order valence-corrected chi connectivity index (χ2v) is 8.78. The monoisotopic (exact) mass is 455 g/mol. The first-order valence-electron chi connectivity index (χ1n) is 9.42. The number of nitrogens with zero attached hydrogens (tertiary/aromatic N) is 2. The van der Waals surface area contributed by atoms with E-state index in [9.17, 15) is 4.79 Å². The van der Waals surface area contributed by atoms with E-state index in [4.69, 9.17) is 5.73 Å². The molecule has 2 atom stereocenters. The molecule has 0 bridgehead atoms. The first-order chi connectivity index (χ1) is 12.5. The summed E-state index contributed by atoms with van der Waals surface area (Å²) in [5, 5.41) is 3.98. The molecule has 0 unspecified atom stereocenters. The lowest BCUT2D eigenvalue weighted by atomic mass is 9.87. The number of amides is 1. The zero-order valence-electron chi connectivity index (χ0n) is 15.7. The smallest absolute Gasteiger partial charge is 0.226 e. The summed E-state index contributed by atoms with van der Waals surface area (Å²) < 4.78 is 0.932. The van der Waals surface area contributed by atoms with E-state index in [-0.39, 0.29) is 30.3 Å². The van der Waals surface area contributed by atoms with Gasteiger partial charge in [-0.05, 0) is 47.0 Å². The molecule has 8 heteroatoms. The van der Waals surface area contributed by atoms with Crippen molar-refractivity contribution in [2.45, 2.75) is 39.2 Å². The Morgan fingerprint density at radius 3 is 2.78 bits per heavy atom. The van der Waals surface area contributed by atoms with Gasteiger partial charge in [0.05, 0.1) is 21.2 Å². The maximum atomic E-state index is 12.2. The Bertz CT molecular complexity index is 835. The van der Waals surface area contributed by atoms with Gasteiger partial charge in [0.2, 0.25) is 5.91 Å². The van der Waals surface area contributed by atoms with Crippen LogP contribution in [-0.4, -0.2) is 35.0 Å². The SMILES string of the molecule is CC(C)C(=O)Nc1c[nH]c2ncc(Br)c(N3CC[C@H](C4CC4)[C@@H](N)C3)c12.Cl. The van der Waals surface area contributed by atoms with Crippen molar-refractivity contribution in [2.75, 3.05) is 23.3 Å². The van der Waals surface area contributed by atoms with Crippen molar-refractivity contribution in [3.8, 4) is 0 Å². The molecule has 1 saturated carbocycles. The number of nitrogens with two attached hydrogens (primary N) is 1. The molecule has 4 N–H and O–H groups in total. The normalized spacial score (nSPS) is 22.8. The number of halogens is 2. The van der Waals surface area contributed by atoms with Crippen molar-refractivity contribution < 1.29 is 4.79 Å². The summed E-state index contributed by atoms with van der Waals surface area (Å²) in [7, 11) is 0. The molecule has 6 nitrogen and oxygen atoms in total. The first kappa shape index (κ1) is 20.4. The summed E-state index contributed by atoms with van der Waals surface area (Å²) in [6.45, 7) is 5.60. The number of piperidine rings is 1. The largest absolute Gasteiger partial charge is 0.368 e. The van der Waals surface area contributed by atoms with E-state index in [1.807, 2.05) is 26.2 Å². The summed E-state index contributed by atoms with van der Waals surface area (Å²) in [4.78, 5) is 22.2. The van der Waals surface area contributed by atoms with Gasteiger partial charge in [-0.2, -0.15) is 0 Å². The number of H-pyrrole nitrogens is 1. The van der Waals surface area contributed by atoms with E-state index in [1.165, 1.54) is 12.8 Å². The second kappa shape index (κ2) is 7.97. The van der Waals surface area contributed by atoms with Gasteiger partial charge in [-0.25, -0.2) is 4.98 Å². The Labute approximate surface area is 174 Å². The Kier molecular flexibility index (Phi) is 6.03. The van der Waals surface area contributed by atoms with Crippen LogP contribution in [-0.2, 0) is 4.79 Å². The van der Waals surface area contributed by atoms with Crippen LogP contribution < -0.4 is 16.0 Å². The van der Waals surface area contributed by atoms with Gasteiger partial charge in [0, 0.05) is 37.4 Å². The van der Waals surface area contributed by atoms with Gasteiger partial charge in [-0.3, -0.25) is 4.79 Å². The fraction of sp³-hybridized carbons (Fsp3) is 0.579. The molecule has 1 aliphatic heterocycles. The number of anilines is 2. The lowest BCUT2D eigenvalue weighted by molar-refractivity contribution is -0.118. The highest BCUT2D eigenvalue weighted by Gasteiger charge is 2.38. The minimum atomic E-state index is -0.0776. The van der Waals surface area contributed by atoms with Crippen LogP contribution in [0.25, 0.3) is 11.0 Å². The molecule has 2 aromatic rings. The minimum Gasteiger partial charge on any atom is -0.368 e. The van der Waals surface area contributed by atoms with Crippen LogP contribution >= 0.6 is 28.3 Å². The molecule has 2 fully saturated rings. The van der Waals surface area contributed by atoms with Crippen LogP contribution in [0.2, 0.25) is 0 Å². The Balaban J connectivity index is 0.00000210. The summed E-state index contributed by atoms with van der Waals surface area (Å²) in [5.41, 5.74) is 9.15. The van der Waals surface area contributed by atoms with Crippen LogP contribution in [0, 0.1) is 17.8 Å². The molecular weight excluding hydrogens is 430 g/mol. The predicted octanol–water partition coefficient (Wildman–Crippen LogP) is 3.91. The van der Waals surface area contributed by atoms with Crippen LogP contribution in [0.4, 0.5) is 11.4 Å². The molecule has 0 radical (unpaired) electrons. The molecule has 1 aliphatic carbocycles. The maximum Gasteiger partial charge on any atom is 0.226 e. The zero-order chi connectivity index (χ0) is 18.4. The van der Waals surface area contributed by atoms with E-state index in [0.29, 0.717) is 5.92 Å². The van der Waals surface area contributed by atoms with Crippen LogP contribution in [0.1, 0.15) is 33.1 Å². The Hall–Kier alpha value is -1.31. The summed E-state index contributed by atoms with van der Waals surface area (Å²) in [6, 6.07) is 0.194. The summed E-state index contributed by atoms with van der Waals surface area (Å²) >= 11 is 3.67. The first-order valence-corrected chi connectivity index (χ1v) is 10.2. The number of aromatic amines is 1. The number of hydrogen-bond acceptors (Lipinski definition) is 4. The van der Waals surface area contributed by atoms with Crippen molar-refractivity contribution in [3.05, 3.63) is 16.9 Å². The molecular formula is C19H27BrClN5O. The van der Waals surface area contributed by atoms with Gasteiger partial charge < -0.3 is 20.9 Å². The van der Waals surface area contributed by atoms with E-state index >= 15 is 0 Å². The molecule has 0 spiro atoms.